The number of hydrogen-bond donors (Lipinski definition) is 0. The van der Waals surface area contributed by atoms with E-state index < -0.39 is 0 Å². The second kappa shape index (κ2) is 6.25. The molecule has 0 amide bonds. The van der Waals surface area contributed by atoms with Crippen molar-refractivity contribution >= 4 is 11.8 Å². The van der Waals surface area contributed by atoms with Crippen LogP contribution in [0.5, 0.6) is 0 Å². The van der Waals surface area contributed by atoms with Crippen molar-refractivity contribution in [1.82, 2.24) is 19.9 Å². The lowest BCUT2D eigenvalue weighted by Gasteiger charge is -2.37. The minimum absolute atomic E-state index is 0.469. The van der Waals surface area contributed by atoms with Crippen molar-refractivity contribution in [2.75, 3.05) is 29.9 Å². The first-order chi connectivity index (χ1) is 10.6. The number of rotatable bonds is 3. The van der Waals surface area contributed by atoms with Crippen molar-refractivity contribution in [3.63, 3.8) is 0 Å². The Morgan fingerprint density at radius 2 is 1.73 bits per heavy atom. The van der Waals surface area contributed by atoms with Gasteiger partial charge in [0.2, 0.25) is 5.95 Å². The predicted octanol–water partition coefficient (Wildman–Crippen LogP) is 1.99. The zero-order valence-electron chi connectivity index (χ0n) is 13.4. The van der Waals surface area contributed by atoms with Gasteiger partial charge in [-0.1, -0.05) is 0 Å². The fraction of sp³-hybridized carbons (Fsp3) is 0.500. The van der Waals surface area contributed by atoms with E-state index in [0.717, 1.165) is 49.0 Å². The molecular formula is C16H22N6. The van der Waals surface area contributed by atoms with Gasteiger partial charge in [0.05, 0.1) is 11.9 Å². The summed E-state index contributed by atoms with van der Waals surface area (Å²) < 4.78 is 0. The summed E-state index contributed by atoms with van der Waals surface area (Å²) in [5, 5.41) is 0. The zero-order valence-corrected chi connectivity index (χ0v) is 13.4. The molecule has 0 spiro atoms. The fourth-order valence-electron chi connectivity index (χ4n) is 2.82. The molecule has 6 heteroatoms. The van der Waals surface area contributed by atoms with Crippen molar-refractivity contribution in [3.05, 3.63) is 36.0 Å². The second-order valence-corrected chi connectivity index (χ2v) is 5.91. The van der Waals surface area contributed by atoms with Gasteiger partial charge in [0.25, 0.3) is 0 Å². The molecule has 1 saturated heterocycles. The average Bonchev–Trinajstić information content (AvgIpc) is 2.55. The quantitative estimate of drug-likeness (QED) is 0.863. The van der Waals surface area contributed by atoms with Crippen LogP contribution in [0.4, 0.5) is 11.8 Å². The van der Waals surface area contributed by atoms with Gasteiger partial charge >= 0.3 is 0 Å². The number of piperidine rings is 1. The molecular weight excluding hydrogens is 276 g/mol. The number of aromatic nitrogens is 4. The molecule has 0 N–H and O–H groups in total. The molecule has 0 atom stereocenters. The highest BCUT2D eigenvalue weighted by molar-refractivity contribution is 5.38. The number of aryl methyl sites for hydroxylation is 2. The van der Waals surface area contributed by atoms with Crippen molar-refractivity contribution in [2.45, 2.75) is 32.7 Å². The Kier molecular flexibility index (Phi) is 4.18. The van der Waals surface area contributed by atoms with E-state index >= 15 is 0 Å². The van der Waals surface area contributed by atoms with Crippen LogP contribution in [0.15, 0.2) is 24.8 Å². The summed E-state index contributed by atoms with van der Waals surface area (Å²) >= 11 is 0. The first-order valence-corrected chi connectivity index (χ1v) is 7.68. The third kappa shape index (κ3) is 3.16. The van der Waals surface area contributed by atoms with Crippen LogP contribution in [0.1, 0.15) is 24.1 Å². The third-order valence-electron chi connectivity index (χ3n) is 4.16. The lowest BCUT2D eigenvalue weighted by atomic mass is 10.0. The first kappa shape index (κ1) is 14.7. The molecule has 0 bridgehead atoms. The highest BCUT2D eigenvalue weighted by Gasteiger charge is 2.24. The van der Waals surface area contributed by atoms with Gasteiger partial charge in [-0.15, -0.1) is 0 Å². The van der Waals surface area contributed by atoms with Gasteiger partial charge in [-0.3, -0.25) is 4.98 Å². The molecule has 1 aliphatic heterocycles. The Labute approximate surface area is 131 Å². The molecule has 3 heterocycles. The van der Waals surface area contributed by atoms with E-state index in [1.807, 2.05) is 32.4 Å². The Balaban J connectivity index is 1.62. The van der Waals surface area contributed by atoms with Crippen LogP contribution < -0.4 is 9.80 Å². The van der Waals surface area contributed by atoms with Crippen LogP contribution in [-0.2, 0) is 0 Å². The van der Waals surface area contributed by atoms with E-state index in [1.165, 1.54) is 0 Å². The van der Waals surface area contributed by atoms with E-state index in [9.17, 15) is 0 Å². The fourth-order valence-corrected chi connectivity index (χ4v) is 2.82. The van der Waals surface area contributed by atoms with Gasteiger partial charge in [-0.05, 0) is 32.3 Å². The SMILES string of the molecule is Cc1cnc(N(C)C2CCN(c3cncc(C)n3)CC2)nc1. The molecule has 6 nitrogen and oxygen atoms in total. The third-order valence-corrected chi connectivity index (χ3v) is 4.16. The van der Waals surface area contributed by atoms with Crippen LogP contribution >= 0.6 is 0 Å². The van der Waals surface area contributed by atoms with Gasteiger partial charge < -0.3 is 9.80 Å². The molecule has 0 radical (unpaired) electrons. The highest BCUT2D eigenvalue weighted by atomic mass is 15.3. The topological polar surface area (TPSA) is 58.0 Å². The minimum Gasteiger partial charge on any atom is -0.355 e. The molecule has 0 saturated carbocycles. The van der Waals surface area contributed by atoms with Crippen LogP contribution in [0.2, 0.25) is 0 Å². The van der Waals surface area contributed by atoms with E-state index in [4.69, 9.17) is 0 Å². The van der Waals surface area contributed by atoms with Gasteiger partial charge in [0, 0.05) is 44.8 Å². The molecule has 22 heavy (non-hydrogen) atoms. The maximum atomic E-state index is 4.56. The molecule has 1 aliphatic rings. The standard InChI is InChI=1S/C16H22N6/c1-12-8-18-16(19-9-12)21(3)14-4-6-22(7-5-14)15-11-17-10-13(2)20-15/h8-11,14H,4-7H2,1-3H3. The smallest absolute Gasteiger partial charge is 0.225 e. The maximum absolute atomic E-state index is 4.56. The van der Waals surface area contributed by atoms with Crippen molar-refractivity contribution in [3.8, 4) is 0 Å². The van der Waals surface area contributed by atoms with E-state index in [0.29, 0.717) is 6.04 Å². The summed E-state index contributed by atoms with van der Waals surface area (Å²) in [6, 6.07) is 0.469. The monoisotopic (exact) mass is 298 g/mol. The molecule has 3 rings (SSSR count). The Bertz CT molecular complexity index is 619. The average molecular weight is 298 g/mol. The predicted molar refractivity (Wildman–Crippen MR) is 87.2 cm³/mol. The van der Waals surface area contributed by atoms with Gasteiger partial charge in [-0.25, -0.2) is 15.0 Å². The van der Waals surface area contributed by atoms with Crippen molar-refractivity contribution < 1.29 is 0 Å². The summed E-state index contributed by atoms with van der Waals surface area (Å²) in [5.41, 5.74) is 2.05. The number of nitrogens with zero attached hydrogens (tertiary/aromatic N) is 6. The van der Waals surface area contributed by atoms with Crippen LogP contribution in [0.25, 0.3) is 0 Å². The van der Waals surface area contributed by atoms with Crippen molar-refractivity contribution in [1.29, 1.82) is 0 Å². The Morgan fingerprint density at radius 1 is 1.05 bits per heavy atom. The number of hydrogen-bond acceptors (Lipinski definition) is 6. The van der Waals surface area contributed by atoms with Crippen molar-refractivity contribution in [2.24, 2.45) is 0 Å². The Morgan fingerprint density at radius 3 is 2.36 bits per heavy atom. The molecule has 2 aromatic heterocycles. The summed E-state index contributed by atoms with van der Waals surface area (Å²) in [4.78, 5) is 22.1. The summed E-state index contributed by atoms with van der Waals surface area (Å²) in [6.07, 6.45) is 9.53. The van der Waals surface area contributed by atoms with E-state index in [2.05, 4.69) is 36.8 Å². The molecule has 2 aromatic rings. The summed E-state index contributed by atoms with van der Waals surface area (Å²) in [7, 11) is 2.08. The number of anilines is 2. The maximum Gasteiger partial charge on any atom is 0.225 e. The summed E-state index contributed by atoms with van der Waals surface area (Å²) in [5.74, 6) is 1.78. The molecule has 116 valence electrons. The normalized spacial score (nSPS) is 15.9. The molecule has 0 aliphatic carbocycles. The summed E-state index contributed by atoms with van der Waals surface area (Å²) in [6.45, 7) is 5.95. The van der Waals surface area contributed by atoms with Crippen LogP contribution in [0, 0.1) is 13.8 Å². The van der Waals surface area contributed by atoms with E-state index in [1.54, 1.807) is 6.20 Å². The van der Waals surface area contributed by atoms with Gasteiger partial charge in [0.1, 0.15) is 5.82 Å². The molecule has 0 aromatic carbocycles. The highest BCUT2D eigenvalue weighted by Crippen LogP contribution is 2.22. The second-order valence-electron chi connectivity index (χ2n) is 5.91. The van der Waals surface area contributed by atoms with Crippen LogP contribution in [-0.4, -0.2) is 46.1 Å². The largest absolute Gasteiger partial charge is 0.355 e. The zero-order chi connectivity index (χ0) is 15.5. The van der Waals surface area contributed by atoms with Gasteiger partial charge in [0.15, 0.2) is 0 Å². The van der Waals surface area contributed by atoms with Crippen LogP contribution in [0.3, 0.4) is 0 Å². The lowest BCUT2D eigenvalue weighted by molar-refractivity contribution is 0.475. The Hall–Kier alpha value is -2.24. The first-order valence-electron chi connectivity index (χ1n) is 7.68. The lowest BCUT2D eigenvalue weighted by Crippen LogP contribution is -2.44. The molecule has 1 fully saturated rings. The minimum atomic E-state index is 0.469. The van der Waals surface area contributed by atoms with Gasteiger partial charge in [-0.2, -0.15) is 0 Å². The molecule has 0 unspecified atom stereocenters. The van der Waals surface area contributed by atoms with E-state index in [-0.39, 0.29) is 0 Å².